The maximum absolute atomic E-state index is 11.0. The molecule has 21 heavy (non-hydrogen) atoms. The van der Waals surface area contributed by atoms with Gasteiger partial charge in [0.1, 0.15) is 11.5 Å². The Morgan fingerprint density at radius 1 is 1.29 bits per heavy atom. The zero-order chi connectivity index (χ0) is 14.8. The second-order valence-electron chi connectivity index (χ2n) is 5.33. The third kappa shape index (κ3) is 3.36. The van der Waals surface area contributed by atoms with E-state index in [9.17, 15) is 4.79 Å². The third-order valence-electron chi connectivity index (χ3n) is 3.79. The first-order valence-corrected chi connectivity index (χ1v) is 7.71. The Bertz CT molecular complexity index is 635. The fourth-order valence-electron chi connectivity index (χ4n) is 2.63. The highest BCUT2D eigenvalue weighted by molar-refractivity contribution is 9.10. The Morgan fingerprint density at radius 2 is 2.05 bits per heavy atom. The SMILES string of the molecule is O=C(O)C1CCN(Cc2ccc(-c3ccc(Br)cc3)o2)C1. The first kappa shape index (κ1) is 14.4. The fraction of sp³-hybridized carbons (Fsp3) is 0.312. The molecule has 1 aromatic heterocycles. The molecule has 1 atom stereocenters. The van der Waals surface area contributed by atoms with Crippen molar-refractivity contribution in [3.63, 3.8) is 0 Å². The Morgan fingerprint density at radius 3 is 2.71 bits per heavy atom. The second-order valence-corrected chi connectivity index (χ2v) is 6.25. The molecule has 2 heterocycles. The topological polar surface area (TPSA) is 53.7 Å². The summed E-state index contributed by atoms with van der Waals surface area (Å²) in [7, 11) is 0. The van der Waals surface area contributed by atoms with Gasteiger partial charge >= 0.3 is 5.97 Å². The summed E-state index contributed by atoms with van der Waals surface area (Å²) in [5.41, 5.74) is 1.04. The normalized spacial score (nSPS) is 19.0. The molecule has 0 aliphatic carbocycles. The monoisotopic (exact) mass is 349 g/mol. The van der Waals surface area contributed by atoms with Crippen molar-refractivity contribution in [2.75, 3.05) is 13.1 Å². The third-order valence-corrected chi connectivity index (χ3v) is 4.32. The average molecular weight is 350 g/mol. The summed E-state index contributed by atoms with van der Waals surface area (Å²) in [5.74, 6) is 0.767. The van der Waals surface area contributed by atoms with Gasteiger partial charge in [-0.1, -0.05) is 28.1 Å². The predicted molar refractivity (Wildman–Crippen MR) is 82.9 cm³/mol. The molecule has 1 aliphatic rings. The van der Waals surface area contributed by atoms with E-state index in [4.69, 9.17) is 9.52 Å². The number of likely N-dealkylation sites (tertiary alicyclic amines) is 1. The first-order valence-electron chi connectivity index (χ1n) is 6.91. The van der Waals surface area contributed by atoms with E-state index in [0.717, 1.165) is 34.5 Å². The van der Waals surface area contributed by atoms with Crippen LogP contribution in [0.2, 0.25) is 0 Å². The minimum Gasteiger partial charge on any atom is -0.481 e. The van der Waals surface area contributed by atoms with Crippen LogP contribution in [0.15, 0.2) is 45.3 Å². The molecule has 5 heteroatoms. The number of rotatable bonds is 4. The fourth-order valence-corrected chi connectivity index (χ4v) is 2.89. The Hall–Kier alpha value is -1.59. The number of benzene rings is 1. The quantitative estimate of drug-likeness (QED) is 0.915. The smallest absolute Gasteiger partial charge is 0.307 e. The number of hydrogen-bond donors (Lipinski definition) is 1. The van der Waals surface area contributed by atoms with E-state index in [0.29, 0.717) is 13.1 Å². The van der Waals surface area contributed by atoms with Crippen LogP contribution < -0.4 is 0 Å². The number of hydrogen-bond acceptors (Lipinski definition) is 3. The molecule has 1 unspecified atom stereocenters. The van der Waals surface area contributed by atoms with Gasteiger partial charge in [-0.2, -0.15) is 0 Å². The first-order chi connectivity index (χ1) is 10.1. The number of carbonyl (C=O) groups is 1. The van der Waals surface area contributed by atoms with Gasteiger partial charge in [-0.15, -0.1) is 0 Å². The van der Waals surface area contributed by atoms with Crippen molar-refractivity contribution in [3.8, 4) is 11.3 Å². The highest BCUT2D eigenvalue weighted by atomic mass is 79.9. The molecule has 0 bridgehead atoms. The van der Waals surface area contributed by atoms with Crippen molar-refractivity contribution < 1.29 is 14.3 Å². The van der Waals surface area contributed by atoms with Crippen LogP contribution in [0.3, 0.4) is 0 Å². The summed E-state index contributed by atoms with van der Waals surface area (Å²) >= 11 is 3.41. The molecule has 0 saturated carbocycles. The van der Waals surface area contributed by atoms with E-state index in [1.54, 1.807) is 0 Å². The van der Waals surface area contributed by atoms with Gasteiger partial charge in [0.15, 0.2) is 0 Å². The van der Waals surface area contributed by atoms with Crippen LogP contribution in [0.25, 0.3) is 11.3 Å². The summed E-state index contributed by atoms with van der Waals surface area (Å²) in [6, 6.07) is 11.9. The standard InChI is InChI=1S/C16H16BrNO3/c17-13-3-1-11(2-4-13)15-6-5-14(21-15)10-18-8-7-12(9-18)16(19)20/h1-6,12H,7-10H2,(H,19,20). The van der Waals surface area contributed by atoms with Crippen LogP contribution in [0, 0.1) is 5.92 Å². The minimum atomic E-state index is -0.701. The molecule has 4 nitrogen and oxygen atoms in total. The van der Waals surface area contributed by atoms with Crippen LogP contribution in [-0.2, 0) is 11.3 Å². The molecule has 0 spiro atoms. The summed E-state index contributed by atoms with van der Waals surface area (Å²) in [6.45, 7) is 2.08. The van der Waals surface area contributed by atoms with E-state index in [-0.39, 0.29) is 5.92 Å². The lowest BCUT2D eigenvalue weighted by atomic mass is 10.1. The number of furan rings is 1. The van der Waals surface area contributed by atoms with E-state index in [1.165, 1.54) is 0 Å². The molecule has 1 N–H and O–H groups in total. The van der Waals surface area contributed by atoms with Crippen molar-refractivity contribution in [1.82, 2.24) is 4.90 Å². The van der Waals surface area contributed by atoms with Crippen molar-refractivity contribution in [2.45, 2.75) is 13.0 Å². The molecule has 0 radical (unpaired) electrons. The second kappa shape index (κ2) is 6.03. The molecule has 1 aliphatic heterocycles. The van der Waals surface area contributed by atoms with Gasteiger partial charge in [-0.3, -0.25) is 9.69 Å². The molecule has 3 rings (SSSR count). The van der Waals surface area contributed by atoms with Crippen LogP contribution in [0.5, 0.6) is 0 Å². The van der Waals surface area contributed by atoms with Crippen LogP contribution in [0.1, 0.15) is 12.2 Å². The van der Waals surface area contributed by atoms with E-state index >= 15 is 0 Å². The van der Waals surface area contributed by atoms with Gasteiger partial charge < -0.3 is 9.52 Å². The summed E-state index contributed by atoms with van der Waals surface area (Å²) < 4.78 is 6.90. The van der Waals surface area contributed by atoms with Crippen molar-refractivity contribution >= 4 is 21.9 Å². The zero-order valence-corrected chi connectivity index (χ0v) is 13.0. The lowest BCUT2D eigenvalue weighted by molar-refractivity contribution is -0.141. The zero-order valence-electron chi connectivity index (χ0n) is 11.5. The average Bonchev–Trinajstić information content (AvgIpc) is 3.10. The molecule has 2 aromatic rings. The summed E-state index contributed by atoms with van der Waals surface area (Å²) in [4.78, 5) is 13.1. The van der Waals surface area contributed by atoms with E-state index in [2.05, 4.69) is 20.8 Å². The highest BCUT2D eigenvalue weighted by Gasteiger charge is 2.28. The molecule has 1 aromatic carbocycles. The van der Waals surface area contributed by atoms with Crippen molar-refractivity contribution in [2.24, 2.45) is 5.92 Å². The van der Waals surface area contributed by atoms with Gasteiger partial charge in [-0.25, -0.2) is 0 Å². The van der Waals surface area contributed by atoms with Crippen LogP contribution in [-0.4, -0.2) is 29.1 Å². The number of carboxylic acid groups (broad SMARTS) is 1. The molecule has 1 fully saturated rings. The maximum atomic E-state index is 11.0. The highest BCUT2D eigenvalue weighted by Crippen LogP contribution is 2.26. The predicted octanol–water partition coefficient (Wildman–Crippen LogP) is 3.62. The van der Waals surface area contributed by atoms with Crippen molar-refractivity contribution in [1.29, 1.82) is 0 Å². The molecular formula is C16H16BrNO3. The summed E-state index contributed by atoms with van der Waals surface area (Å²) in [6.07, 6.45) is 0.718. The number of carboxylic acids is 1. The van der Waals surface area contributed by atoms with Gasteiger partial charge in [0, 0.05) is 16.6 Å². The lowest BCUT2D eigenvalue weighted by Crippen LogP contribution is -2.22. The molecule has 110 valence electrons. The number of aliphatic carboxylic acids is 1. The van der Waals surface area contributed by atoms with Crippen LogP contribution in [0.4, 0.5) is 0 Å². The number of nitrogens with zero attached hydrogens (tertiary/aromatic N) is 1. The van der Waals surface area contributed by atoms with E-state index < -0.39 is 5.97 Å². The van der Waals surface area contributed by atoms with Gasteiger partial charge in [0.05, 0.1) is 12.5 Å². The largest absolute Gasteiger partial charge is 0.481 e. The van der Waals surface area contributed by atoms with Gasteiger partial charge in [0.2, 0.25) is 0 Å². The molecule has 0 amide bonds. The number of halogens is 1. The van der Waals surface area contributed by atoms with Crippen molar-refractivity contribution in [3.05, 3.63) is 46.6 Å². The molecule has 1 saturated heterocycles. The summed E-state index contributed by atoms with van der Waals surface area (Å²) in [5, 5.41) is 9.02. The van der Waals surface area contributed by atoms with Crippen LogP contribution >= 0.6 is 15.9 Å². The van der Waals surface area contributed by atoms with Gasteiger partial charge in [0.25, 0.3) is 0 Å². The Balaban J connectivity index is 1.66. The van der Waals surface area contributed by atoms with E-state index in [1.807, 2.05) is 36.4 Å². The Kier molecular flexibility index (Phi) is 4.12. The van der Waals surface area contributed by atoms with Gasteiger partial charge in [-0.05, 0) is 37.2 Å². The lowest BCUT2D eigenvalue weighted by Gasteiger charge is -2.12. The molecular weight excluding hydrogens is 334 g/mol. The Labute approximate surface area is 131 Å². The minimum absolute atomic E-state index is 0.245. The maximum Gasteiger partial charge on any atom is 0.307 e.